The van der Waals surface area contributed by atoms with E-state index in [0.717, 1.165) is 56.0 Å². The third-order valence-corrected chi connectivity index (χ3v) is 6.65. The summed E-state index contributed by atoms with van der Waals surface area (Å²) in [6.45, 7) is 5.41. The van der Waals surface area contributed by atoms with Crippen molar-refractivity contribution in [3.8, 4) is 5.82 Å². The van der Waals surface area contributed by atoms with Crippen molar-refractivity contribution in [1.82, 2.24) is 35.3 Å². The van der Waals surface area contributed by atoms with Crippen molar-refractivity contribution in [1.29, 1.82) is 0 Å². The van der Waals surface area contributed by atoms with Crippen LogP contribution in [-0.2, 0) is 20.9 Å². The molecule has 1 saturated carbocycles. The van der Waals surface area contributed by atoms with E-state index in [1.54, 1.807) is 19.1 Å². The fourth-order valence-corrected chi connectivity index (χ4v) is 4.46. The molecule has 32 heavy (non-hydrogen) atoms. The lowest BCUT2D eigenvalue weighted by Crippen LogP contribution is -2.37. The zero-order valence-corrected chi connectivity index (χ0v) is 18.4. The molecule has 2 fully saturated rings. The van der Waals surface area contributed by atoms with Gasteiger partial charge in [0.15, 0.2) is 5.82 Å². The van der Waals surface area contributed by atoms with Gasteiger partial charge in [-0.05, 0) is 67.5 Å². The maximum Gasteiger partial charge on any atom is 0.336 e. The second kappa shape index (κ2) is 9.11. The van der Waals surface area contributed by atoms with E-state index >= 15 is 0 Å². The highest BCUT2D eigenvalue weighted by Crippen LogP contribution is 2.47. The van der Waals surface area contributed by atoms with Crippen LogP contribution >= 0.6 is 0 Å². The van der Waals surface area contributed by atoms with E-state index < -0.39 is 0 Å². The predicted molar refractivity (Wildman–Crippen MR) is 115 cm³/mol. The zero-order chi connectivity index (χ0) is 22.7. The van der Waals surface area contributed by atoms with Gasteiger partial charge in [-0.25, -0.2) is 4.79 Å². The predicted octanol–water partition coefficient (Wildman–Crippen LogP) is 1.40. The van der Waals surface area contributed by atoms with Crippen molar-refractivity contribution in [2.75, 3.05) is 13.2 Å². The molecule has 0 unspecified atom stereocenters. The molecule has 1 amide bonds. The smallest absolute Gasteiger partial charge is 0.336 e. The van der Waals surface area contributed by atoms with Crippen LogP contribution in [0.3, 0.4) is 0 Å². The van der Waals surface area contributed by atoms with Gasteiger partial charge in [-0.15, -0.1) is 10.2 Å². The Hall–Kier alpha value is -3.21. The molecule has 172 valence electrons. The molecule has 2 aromatic rings. The van der Waals surface area contributed by atoms with Crippen molar-refractivity contribution in [3.05, 3.63) is 35.4 Å². The molecule has 1 aliphatic carbocycles. The number of nitrogens with zero attached hydrogens (tertiary/aromatic N) is 7. The average Bonchev–Trinajstić information content (AvgIpc) is 3.54. The Morgan fingerprint density at radius 3 is 2.56 bits per heavy atom. The Kier molecular flexibility index (Phi) is 6.26. The monoisotopic (exact) mass is 442 g/mol. The van der Waals surface area contributed by atoms with Crippen LogP contribution in [0.4, 0.5) is 0 Å². The Morgan fingerprint density at radius 1 is 1.22 bits per heavy atom. The summed E-state index contributed by atoms with van der Waals surface area (Å²) in [6.07, 6.45) is 6.69. The normalized spacial score (nSPS) is 25.2. The van der Waals surface area contributed by atoms with Crippen molar-refractivity contribution in [2.45, 2.75) is 52.5 Å². The molecule has 4 heterocycles. The summed E-state index contributed by atoms with van der Waals surface area (Å²) in [6, 6.07) is 3.54. The number of hydrogen-bond donors (Lipinski definition) is 1. The Morgan fingerprint density at radius 2 is 2.00 bits per heavy atom. The van der Waals surface area contributed by atoms with Gasteiger partial charge in [-0.3, -0.25) is 4.79 Å². The number of ether oxygens (including phenoxy) is 1. The van der Waals surface area contributed by atoms with E-state index in [-0.39, 0.29) is 25.3 Å². The third kappa shape index (κ3) is 4.24. The molecule has 0 radical (unpaired) electrons. The van der Waals surface area contributed by atoms with Crippen molar-refractivity contribution in [2.24, 2.45) is 17.1 Å². The van der Waals surface area contributed by atoms with E-state index in [2.05, 4.69) is 32.6 Å². The third-order valence-electron chi connectivity index (χ3n) is 6.65. The second-order valence-corrected chi connectivity index (χ2v) is 8.66. The molecular formula is C21H30N8O3. The standard InChI is InChI=1S/C15H21NO3.C6H7N7.H2/c1-10-3-5-15(6-4-10)7-8-16(14(15)18)12-9-19-13(17)11(12)2;7-3-5-1-2-6(10-9-5)13-4-8-11-12-13;/h10H,3-9H2,1-2H3;1-2,4H,3,7H2;1H. The number of rotatable bonds is 3. The van der Waals surface area contributed by atoms with Gasteiger partial charge in [0.25, 0.3) is 0 Å². The first-order chi connectivity index (χ1) is 15.4. The highest BCUT2D eigenvalue weighted by molar-refractivity contribution is 5.94. The molecule has 0 atom stereocenters. The molecule has 1 saturated heterocycles. The number of tetrazole rings is 1. The molecule has 2 aromatic heterocycles. The van der Waals surface area contributed by atoms with Gasteiger partial charge in [-0.1, -0.05) is 6.92 Å². The van der Waals surface area contributed by atoms with E-state index in [4.69, 9.17) is 10.5 Å². The SMILES string of the molecule is CC1=C(N2CCC3(CCC(C)CC3)C2=O)COC1=O.NCc1ccc(-n2cnnn2)nn1.[HH]. The molecule has 11 heteroatoms. The summed E-state index contributed by atoms with van der Waals surface area (Å²) >= 11 is 0. The van der Waals surface area contributed by atoms with Crippen LogP contribution in [0, 0.1) is 11.3 Å². The number of carbonyl (C=O) groups is 2. The number of amides is 1. The Labute approximate surface area is 187 Å². The first-order valence-electron chi connectivity index (χ1n) is 10.9. The van der Waals surface area contributed by atoms with Gasteiger partial charge < -0.3 is 15.4 Å². The quantitative estimate of drug-likeness (QED) is 0.698. The van der Waals surface area contributed by atoms with Gasteiger partial charge in [0.1, 0.15) is 12.9 Å². The minimum atomic E-state index is -0.277. The van der Waals surface area contributed by atoms with E-state index in [9.17, 15) is 9.59 Å². The van der Waals surface area contributed by atoms with Crippen LogP contribution in [0.2, 0.25) is 0 Å². The van der Waals surface area contributed by atoms with Crippen molar-refractivity contribution < 1.29 is 15.8 Å². The van der Waals surface area contributed by atoms with E-state index in [1.165, 1.54) is 11.0 Å². The molecular weight excluding hydrogens is 412 g/mol. The van der Waals surface area contributed by atoms with Crippen LogP contribution in [0.1, 0.15) is 53.1 Å². The fourth-order valence-electron chi connectivity index (χ4n) is 4.46. The highest BCUT2D eigenvalue weighted by Gasteiger charge is 2.49. The van der Waals surface area contributed by atoms with E-state index in [0.29, 0.717) is 17.9 Å². The molecule has 5 rings (SSSR count). The van der Waals surface area contributed by atoms with Crippen LogP contribution in [-0.4, -0.2) is 60.3 Å². The molecule has 11 nitrogen and oxygen atoms in total. The maximum atomic E-state index is 12.8. The molecule has 0 aromatic carbocycles. The molecule has 1 spiro atoms. The summed E-state index contributed by atoms with van der Waals surface area (Å²) in [4.78, 5) is 26.0. The van der Waals surface area contributed by atoms with Gasteiger partial charge >= 0.3 is 5.97 Å². The topological polar surface area (TPSA) is 142 Å². The molecule has 3 aliphatic rings. The van der Waals surface area contributed by atoms with Crippen molar-refractivity contribution >= 4 is 11.9 Å². The lowest BCUT2D eigenvalue weighted by molar-refractivity contribution is -0.138. The Bertz CT molecular complexity index is 1000. The van der Waals surface area contributed by atoms with Gasteiger partial charge in [-0.2, -0.15) is 9.78 Å². The summed E-state index contributed by atoms with van der Waals surface area (Å²) in [5, 5.41) is 18.4. The summed E-state index contributed by atoms with van der Waals surface area (Å²) < 4.78 is 6.45. The minimum Gasteiger partial charge on any atom is -0.456 e. The number of likely N-dealkylation sites (tertiary alicyclic amines) is 1. The number of aromatic nitrogens is 6. The van der Waals surface area contributed by atoms with Crippen LogP contribution in [0.25, 0.3) is 5.82 Å². The van der Waals surface area contributed by atoms with Gasteiger partial charge in [0.05, 0.1) is 22.4 Å². The number of cyclic esters (lactones) is 1. The zero-order valence-electron chi connectivity index (χ0n) is 18.4. The lowest BCUT2D eigenvalue weighted by atomic mass is 9.70. The maximum absolute atomic E-state index is 12.8. The first kappa shape index (κ1) is 22.0. The molecule has 2 N–H and O–H groups in total. The number of hydrogen-bond acceptors (Lipinski definition) is 9. The van der Waals surface area contributed by atoms with E-state index in [1.807, 2.05) is 4.90 Å². The van der Waals surface area contributed by atoms with Gasteiger partial charge in [0, 0.05) is 14.5 Å². The minimum absolute atomic E-state index is 0. The second-order valence-electron chi connectivity index (χ2n) is 8.66. The lowest BCUT2D eigenvalue weighted by Gasteiger charge is -2.34. The largest absolute Gasteiger partial charge is 0.456 e. The fraction of sp³-hybridized carbons (Fsp3) is 0.571. The summed E-state index contributed by atoms with van der Waals surface area (Å²) in [5.74, 6) is 1.26. The van der Waals surface area contributed by atoms with Crippen LogP contribution in [0.15, 0.2) is 29.7 Å². The first-order valence-corrected chi connectivity index (χ1v) is 10.9. The number of esters is 1. The number of carbonyl (C=O) groups excluding carboxylic acids is 2. The molecule has 0 bridgehead atoms. The molecule has 2 aliphatic heterocycles. The highest BCUT2D eigenvalue weighted by atomic mass is 16.5. The summed E-state index contributed by atoms with van der Waals surface area (Å²) in [7, 11) is 0. The van der Waals surface area contributed by atoms with Gasteiger partial charge in [0.2, 0.25) is 5.91 Å². The Balaban J connectivity index is 0.000000192. The van der Waals surface area contributed by atoms with Crippen LogP contribution in [0.5, 0.6) is 0 Å². The summed E-state index contributed by atoms with van der Waals surface area (Å²) in [5.41, 5.74) is 7.36. The van der Waals surface area contributed by atoms with Crippen molar-refractivity contribution in [3.63, 3.8) is 0 Å². The number of nitrogens with two attached hydrogens (primary N) is 1. The van der Waals surface area contributed by atoms with Crippen LogP contribution < -0.4 is 5.73 Å². The average molecular weight is 443 g/mol.